The normalized spacial score (nSPS) is 18.1. The van der Waals surface area contributed by atoms with Gasteiger partial charge in [0.1, 0.15) is 11.6 Å². The average molecular weight is 555 g/mol. The predicted molar refractivity (Wildman–Crippen MR) is 157 cm³/mol. The fourth-order valence-corrected chi connectivity index (χ4v) is 6.46. The number of thiazole rings is 1. The third-order valence-corrected chi connectivity index (χ3v) is 8.71. The standard InChI is InChI=1S/C26H31ClN8S2/c27-20-8-2-1-7-19(20)21-18-37-25(28-21)31-26(36)35-15-13-33(14-16-35)23-17-22(32-9-3-4-10-32)29-24(30-23)34-11-5-6-12-34/h1-2,7-8,17-18H,3-6,9-16H2,(H,28,31,36). The molecule has 8 nitrogen and oxygen atoms in total. The molecule has 194 valence electrons. The third-order valence-electron chi connectivity index (χ3n) is 7.26. The minimum absolute atomic E-state index is 0.698. The summed E-state index contributed by atoms with van der Waals surface area (Å²) in [4.78, 5) is 24.0. The Morgan fingerprint density at radius 2 is 1.43 bits per heavy atom. The Kier molecular flexibility index (Phi) is 7.30. The van der Waals surface area contributed by atoms with Crippen molar-refractivity contribution in [1.29, 1.82) is 0 Å². The molecule has 2 aromatic heterocycles. The first-order valence-electron chi connectivity index (χ1n) is 13.0. The Bertz CT molecular complexity index is 1210. The number of nitrogens with zero attached hydrogens (tertiary/aromatic N) is 7. The molecule has 0 unspecified atom stereocenters. The summed E-state index contributed by atoms with van der Waals surface area (Å²) < 4.78 is 0. The number of thiocarbonyl (C=S) groups is 1. The van der Waals surface area contributed by atoms with Crippen molar-refractivity contribution in [2.45, 2.75) is 25.7 Å². The van der Waals surface area contributed by atoms with Crippen LogP contribution in [0.15, 0.2) is 35.7 Å². The molecule has 37 heavy (non-hydrogen) atoms. The fraction of sp³-hybridized carbons (Fsp3) is 0.462. The number of benzene rings is 1. The molecule has 0 amide bonds. The van der Waals surface area contributed by atoms with E-state index in [-0.39, 0.29) is 0 Å². The summed E-state index contributed by atoms with van der Waals surface area (Å²) in [7, 11) is 0. The first-order chi connectivity index (χ1) is 18.1. The van der Waals surface area contributed by atoms with E-state index in [9.17, 15) is 0 Å². The fourth-order valence-electron chi connectivity index (χ4n) is 5.17. The van der Waals surface area contributed by atoms with Crippen molar-refractivity contribution >= 4 is 63.0 Å². The molecule has 3 saturated heterocycles. The highest BCUT2D eigenvalue weighted by atomic mass is 35.5. The lowest BCUT2D eigenvalue weighted by atomic mass is 10.2. The molecule has 3 fully saturated rings. The Hall–Kier alpha value is -2.69. The van der Waals surface area contributed by atoms with Gasteiger partial charge in [0.2, 0.25) is 5.95 Å². The van der Waals surface area contributed by atoms with E-state index in [1.165, 1.54) is 37.0 Å². The predicted octanol–water partition coefficient (Wildman–Crippen LogP) is 4.97. The Morgan fingerprint density at radius 3 is 2.11 bits per heavy atom. The third kappa shape index (κ3) is 5.46. The average Bonchev–Trinajstić information content (AvgIpc) is 3.72. The number of halogens is 1. The lowest BCUT2D eigenvalue weighted by molar-refractivity contribution is 0.389. The second-order valence-corrected chi connectivity index (χ2v) is 11.3. The van der Waals surface area contributed by atoms with Crippen LogP contribution in [0.5, 0.6) is 0 Å². The topological polar surface area (TPSA) is 63.7 Å². The zero-order valence-electron chi connectivity index (χ0n) is 20.8. The van der Waals surface area contributed by atoms with Gasteiger partial charge in [-0.05, 0) is 44.0 Å². The van der Waals surface area contributed by atoms with Crippen molar-refractivity contribution in [3.8, 4) is 11.3 Å². The van der Waals surface area contributed by atoms with Gasteiger partial charge in [0, 0.05) is 74.4 Å². The number of piperazine rings is 1. The van der Waals surface area contributed by atoms with Crippen LogP contribution in [0.25, 0.3) is 11.3 Å². The molecular weight excluding hydrogens is 524 g/mol. The summed E-state index contributed by atoms with van der Waals surface area (Å²) in [6, 6.07) is 9.94. The van der Waals surface area contributed by atoms with Crippen LogP contribution < -0.4 is 20.0 Å². The summed E-state index contributed by atoms with van der Waals surface area (Å²) in [5.74, 6) is 2.98. The van der Waals surface area contributed by atoms with Gasteiger partial charge in [-0.3, -0.25) is 0 Å². The number of hydrogen-bond acceptors (Lipinski definition) is 8. The van der Waals surface area contributed by atoms with Gasteiger partial charge >= 0.3 is 0 Å². The zero-order valence-corrected chi connectivity index (χ0v) is 23.2. The van der Waals surface area contributed by atoms with Crippen LogP contribution in [0, 0.1) is 0 Å². The maximum atomic E-state index is 6.34. The molecule has 3 aliphatic heterocycles. The molecule has 3 aromatic rings. The second kappa shape index (κ2) is 11.0. The van der Waals surface area contributed by atoms with Crippen LogP contribution in [0.2, 0.25) is 5.02 Å². The molecule has 5 heterocycles. The lowest BCUT2D eigenvalue weighted by Crippen LogP contribution is -2.50. The van der Waals surface area contributed by atoms with Gasteiger partial charge < -0.3 is 24.9 Å². The van der Waals surface area contributed by atoms with Gasteiger partial charge in [-0.15, -0.1) is 11.3 Å². The quantitative estimate of drug-likeness (QED) is 0.440. The van der Waals surface area contributed by atoms with E-state index in [1.54, 1.807) is 0 Å². The van der Waals surface area contributed by atoms with E-state index in [2.05, 4.69) is 31.0 Å². The van der Waals surface area contributed by atoms with Crippen LogP contribution in [-0.4, -0.2) is 77.3 Å². The van der Waals surface area contributed by atoms with Crippen molar-refractivity contribution < 1.29 is 0 Å². The van der Waals surface area contributed by atoms with Crippen molar-refractivity contribution in [3.63, 3.8) is 0 Å². The summed E-state index contributed by atoms with van der Waals surface area (Å²) in [5, 5.41) is 7.53. The SMILES string of the molecule is S=C(Nc1nc(-c2ccccc2Cl)cs1)N1CCN(c2cc(N3CCCC3)nc(N3CCCC3)n2)CC1. The molecule has 11 heteroatoms. The van der Waals surface area contributed by atoms with Crippen LogP contribution in [0.4, 0.5) is 22.7 Å². The molecular formula is C26H31ClN8S2. The zero-order chi connectivity index (χ0) is 25.2. The Balaban J connectivity index is 1.11. The number of hydrogen-bond donors (Lipinski definition) is 1. The highest BCUT2D eigenvalue weighted by Crippen LogP contribution is 2.31. The Morgan fingerprint density at radius 1 is 0.811 bits per heavy atom. The van der Waals surface area contributed by atoms with Crippen LogP contribution in [0.3, 0.4) is 0 Å². The maximum Gasteiger partial charge on any atom is 0.229 e. The first-order valence-corrected chi connectivity index (χ1v) is 14.7. The van der Waals surface area contributed by atoms with Crippen molar-refractivity contribution in [2.75, 3.05) is 72.4 Å². The van der Waals surface area contributed by atoms with Crippen LogP contribution in [0.1, 0.15) is 25.7 Å². The highest BCUT2D eigenvalue weighted by molar-refractivity contribution is 7.80. The summed E-state index contributed by atoms with van der Waals surface area (Å²) in [6.45, 7) is 7.64. The highest BCUT2D eigenvalue weighted by Gasteiger charge is 2.25. The van der Waals surface area contributed by atoms with Crippen molar-refractivity contribution in [1.82, 2.24) is 19.9 Å². The summed E-state index contributed by atoms with van der Waals surface area (Å²) in [6.07, 6.45) is 4.91. The maximum absolute atomic E-state index is 6.34. The van der Waals surface area contributed by atoms with Crippen LogP contribution in [-0.2, 0) is 0 Å². The molecule has 0 radical (unpaired) electrons. The molecule has 0 saturated carbocycles. The van der Waals surface area contributed by atoms with Crippen molar-refractivity contribution in [3.05, 3.63) is 40.7 Å². The van der Waals surface area contributed by atoms with Crippen molar-refractivity contribution in [2.24, 2.45) is 0 Å². The molecule has 0 bridgehead atoms. The van der Waals surface area contributed by atoms with Gasteiger partial charge in [0.15, 0.2) is 10.2 Å². The van der Waals surface area contributed by atoms with E-state index in [1.807, 2.05) is 29.6 Å². The molecule has 0 atom stereocenters. The number of anilines is 4. The molecule has 1 aromatic carbocycles. The summed E-state index contributed by atoms with van der Waals surface area (Å²) >= 11 is 13.6. The number of nitrogens with one attached hydrogen (secondary N) is 1. The smallest absolute Gasteiger partial charge is 0.229 e. The molecule has 3 aliphatic rings. The largest absolute Gasteiger partial charge is 0.356 e. The van der Waals surface area contributed by atoms with Gasteiger partial charge in [0.05, 0.1) is 5.69 Å². The molecule has 0 spiro atoms. The van der Waals surface area contributed by atoms with E-state index < -0.39 is 0 Å². The van der Waals surface area contributed by atoms with E-state index >= 15 is 0 Å². The minimum Gasteiger partial charge on any atom is -0.356 e. The van der Waals surface area contributed by atoms with Gasteiger partial charge in [-0.1, -0.05) is 29.8 Å². The van der Waals surface area contributed by atoms with Gasteiger partial charge in [-0.25, -0.2) is 4.98 Å². The van der Waals surface area contributed by atoms with E-state index in [4.69, 9.17) is 38.8 Å². The summed E-state index contributed by atoms with van der Waals surface area (Å²) in [5.41, 5.74) is 1.79. The molecule has 0 aliphatic carbocycles. The monoisotopic (exact) mass is 554 g/mol. The number of rotatable bonds is 5. The lowest BCUT2D eigenvalue weighted by Gasteiger charge is -2.37. The first kappa shape index (κ1) is 24.6. The van der Waals surface area contributed by atoms with Crippen LogP contribution >= 0.6 is 35.2 Å². The van der Waals surface area contributed by atoms with E-state index in [0.29, 0.717) is 10.1 Å². The minimum atomic E-state index is 0.698. The molecule has 6 rings (SSSR count). The second-order valence-electron chi connectivity index (χ2n) is 9.69. The Labute approximate surface area is 232 Å². The number of aromatic nitrogens is 3. The van der Waals surface area contributed by atoms with E-state index in [0.717, 1.165) is 86.3 Å². The molecule has 1 N–H and O–H groups in total. The van der Waals surface area contributed by atoms with Gasteiger partial charge in [-0.2, -0.15) is 9.97 Å². The van der Waals surface area contributed by atoms with Gasteiger partial charge in [0.25, 0.3) is 0 Å².